The summed E-state index contributed by atoms with van der Waals surface area (Å²) in [6, 6.07) is 5.49. The summed E-state index contributed by atoms with van der Waals surface area (Å²) in [5.74, 6) is 0.0870. The first-order valence-electron chi connectivity index (χ1n) is 5.62. The van der Waals surface area contributed by atoms with Gasteiger partial charge in [0.1, 0.15) is 11.3 Å². The van der Waals surface area contributed by atoms with Crippen molar-refractivity contribution in [2.75, 3.05) is 26.3 Å². The van der Waals surface area contributed by atoms with Crippen LogP contribution in [0.5, 0.6) is 5.75 Å². The second-order valence-electron chi connectivity index (χ2n) is 3.67. The molecule has 0 saturated heterocycles. The van der Waals surface area contributed by atoms with E-state index in [0.717, 1.165) is 23.7 Å². The van der Waals surface area contributed by atoms with Gasteiger partial charge in [0.2, 0.25) is 0 Å². The van der Waals surface area contributed by atoms with E-state index in [0.29, 0.717) is 11.3 Å². The summed E-state index contributed by atoms with van der Waals surface area (Å²) in [5, 5.41) is 0.944. The van der Waals surface area contributed by atoms with E-state index in [2.05, 4.69) is 15.9 Å². The molecule has 0 heterocycles. The van der Waals surface area contributed by atoms with Gasteiger partial charge < -0.3 is 14.2 Å². The Morgan fingerprint density at radius 1 is 1.33 bits per heavy atom. The minimum Gasteiger partial charge on any atom is -0.467 e. The van der Waals surface area contributed by atoms with E-state index in [4.69, 9.17) is 14.2 Å². The molecule has 0 N–H and O–H groups in total. The maximum atomic E-state index is 11.6. The van der Waals surface area contributed by atoms with Crippen molar-refractivity contribution < 1.29 is 19.0 Å². The molecule has 0 atom stereocenters. The Bertz CT molecular complexity index is 393. The van der Waals surface area contributed by atoms with E-state index in [-0.39, 0.29) is 6.79 Å². The third-order valence-corrected chi connectivity index (χ3v) is 2.94. The number of alkyl halides is 1. The number of halogens is 1. The van der Waals surface area contributed by atoms with Crippen LogP contribution in [0.3, 0.4) is 0 Å². The zero-order valence-electron chi connectivity index (χ0n) is 10.6. The highest BCUT2D eigenvalue weighted by Crippen LogP contribution is 2.22. The van der Waals surface area contributed by atoms with Crippen LogP contribution in [0.1, 0.15) is 22.3 Å². The van der Waals surface area contributed by atoms with Crippen LogP contribution in [0, 0.1) is 0 Å². The van der Waals surface area contributed by atoms with Crippen LogP contribution in [-0.4, -0.2) is 32.3 Å². The molecule has 0 aliphatic carbocycles. The molecule has 0 fully saturated rings. The van der Waals surface area contributed by atoms with Crippen LogP contribution in [0.4, 0.5) is 0 Å². The van der Waals surface area contributed by atoms with Crippen molar-refractivity contribution >= 4 is 21.9 Å². The zero-order valence-corrected chi connectivity index (χ0v) is 12.2. The summed E-state index contributed by atoms with van der Waals surface area (Å²) in [6.45, 7) is 0.103. The number of esters is 1. The number of rotatable bonds is 7. The van der Waals surface area contributed by atoms with Crippen LogP contribution >= 0.6 is 15.9 Å². The number of methoxy groups -OCH3 is 2. The number of aryl methyl sites for hydroxylation is 1. The third kappa shape index (κ3) is 4.31. The lowest BCUT2D eigenvalue weighted by Crippen LogP contribution is -2.08. The molecule has 1 aromatic carbocycles. The lowest BCUT2D eigenvalue weighted by molar-refractivity contribution is 0.0464. The minimum absolute atomic E-state index is 0.103. The quantitative estimate of drug-likeness (QED) is 0.441. The molecule has 0 spiro atoms. The maximum absolute atomic E-state index is 11.6. The predicted molar refractivity (Wildman–Crippen MR) is 72.4 cm³/mol. The van der Waals surface area contributed by atoms with Crippen molar-refractivity contribution in [2.24, 2.45) is 0 Å². The summed E-state index contributed by atoms with van der Waals surface area (Å²) in [6.07, 6.45) is 1.96. The largest absolute Gasteiger partial charge is 0.467 e. The van der Waals surface area contributed by atoms with Crippen LogP contribution in [0.2, 0.25) is 0 Å². The fourth-order valence-electron chi connectivity index (χ4n) is 1.51. The summed E-state index contributed by atoms with van der Waals surface area (Å²) in [7, 11) is 2.88. The van der Waals surface area contributed by atoms with E-state index < -0.39 is 5.97 Å². The van der Waals surface area contributed by atoms with Gasteiger partial charge in [-0.3, -0.25) is 0 Å². The van der Waals surface area contributed by atoms with E-state index in [1.807, 2.05) is 12.1 Å². The molecule has 0 aliphatic rings. The Morgan fingerprint density at radius 2 is 2.11 bits per heavy atom. The van der Waals surface area contributed by atoms with E-state index in [9.17, 15) is 4.79 Å². The summed E-state index contributed by atoms with van der Waals surface area (Å²) < 4.78 is 15.0. The molecule has 0 aliphatic heterocycles. The van der Waals surface area contributed by atoms with Crippen molar-refractivity contribution in [2.45, 2.75) is 12.8 Å². The van der Waals surface area contributed by atoms with Gasteiger partial charge in [-0.1, -0.05) is 22.0 Å². The van der Waals surface area contributed by atoms with Crippen LogP contribution < -0.4 is 4.74 Å². The van der Waals surface area contributed by atoms with Crippen molar-refractivity contribution in [1.29, 1.82) is 0 Å². The lowest BCUT2D eigenvalue weighted by Gasteiger charge is -2.11. The van der Waals surface area contributed by atoms with Crippen molar-refractivity contribution in [3.05, 3.63) is 29.3 Å². The second-order valence-corrected chi connectivity index (χ2v) is 4.46. The molecule has 18 heavy (non-hydrogen) atoms. The molecule has 0 amide bonds. The lowest BCUT2D eigenvalue weighted by atomic mass is 10.1. The Balaban J connectivity index is 2.92. The van der Waals surface area contributed by atoms with Gasteiger partial charge >= 0.3 is 5.97 Å². The standard InChI is InChI=1S/C13H17BrO4/c1-16-9-18-12-8-10(4-3-7-14)5-6-11(12)13(15)17-2/h5-6,8H,3-4,7,9H2,1-2H3. The Morgan fingerprint density at radius 3 is 2.72 bits per heavy atom. The summed E-state index contributed by atoms with van der Waals surface area (Å²) in [5.41, 5.74) is 1.53. The van der Waals surface area contributed by atoms with E-state index in [1.165, 1.54) is 14.2 Å². The second kappa shape index (κ2) is 8.11. The molecule has 0 radical (unpaired) electrons. The normalized spacial score (nSPS) is 10.2. The molecule has 1 aromatic rings. The molecule has 4 nitrogen and oxygen atoms in total. The van der Waals surface area contributed by atoms with Crippen molar-refractivity contribution in [1.82, 2.24) is 0 Å². The smallest absolute Gasteiger partial charge is 0.341 e. The average molecular weight is 317 g/mol. The Labute approximate surface area is 115 Å². The highest BCUT2D eigenvalue weighted by atomic mass is 79.9. The minimum atomic E-state index is -0.409. The molecule has 0 bridgehead atoms. The van der Waals surface area contributed by atoms with Gasteiger partial charge in [-0.15, -0.1) is 0 Å². The summed E-state index contributed by atoms with van der Waals surface area (Å²) in [4.78, 5) is 11.6. The van der Waals surface area contributed by atoms with Crippen molar-refractivity contribution in [3.8, 4) is 5.75 Å². The highest BCUT2D eigenvalue weighted by molar-refractivity contribution is 9.09. The van der Waals surface area contributed by atoms with Gasteiger partial charge in [-0.05, 0) is 30.5 Å². The van der Waals surface area contributed by atoms with E-state index in [1.54, 1.807) is 6.07 Å². The third-order valence-electron chi connectivity index (χ3n) is 2.38. The van der Waals surface area contributed by atoms with Crippen LogP contribution in [0.25, 0.3) is 0 Å². The van der Waals surface area contributed by atoms with E-state index >= 15 is 0 Å². The van der Waals surface area contributed by atoms with Crippen LogP contribution in [-0.2, 0) is 15.9 Å². The topological polar surface area (TPSA) is 44.8 Å². The van der Waals surface area contributed by atoms with Gasteiger partial charge in [0, 0.05) is 12.4 Å². The molecule has 0 saturated carbocycles. The molecule has 0 unspecified atom stereocenters. The fraction of sp³-hybridized carbons (Fsp3) is 0.462. The monoisotopic (exact) mass is 316 g/mol. The number of carbonyl (C=O) groups excluding carboxylic acids is 1. The predicted octanol–water partition coefficient (Wildman–Crippen LogP) is 2.78. The Hall–Kier alpha value is -1.07. The first kappa shape index (κ1) is 15.0. The van der Waals surface area contributed by atoms with Gasteiger partial charge in [-0.2, -0.15) is 0 Å². The zero-order chi connectivity index (χ0) is 13.4. The van der Waals surface area contributed by atoms with Crippen LogP contribution in [0.15, 0.2) is 18.2 Å². The number of benzene rings is 1. The van der Waals surface area contributed by atoms with Gasteiger partial charge in [0.05, 0.1) is 7.11 Å². The Kier molecular flexibility index (Phi) is 6.75. The first-order chi connectivity index (χ1) is 8.72. The SMILES string of the molecule is COCOc1cc(CCCBr)ccc1C(=O)OC. The van der Waals surface area contributed by atoms with Gasteiger partial charge in [0.25, 0.3) is 0 Å². The molecule has 5 heteroatoms. The number of hydrogen-bond acceptors (Lipinski definition) is 4. The fourth-order valence-corrected chi connectivity index (χ4v) is 1.79. The first-order valence-corrected chi connectivity index (χ1v) is 6.74. The molecule has 0 aromatic heterocycles. The summed E-state index contributed by atoms with van der Waals surface area (Å²) >= 11 is 3.39. The number of carbonyl (C=O) groups is 1. The molecular weight excluding hydrogens is 300 g/mol. The highest BCUT2D eigenvalue weighted by Gasteiger charge is 2.13. The molecule has 1 rings (SSSR count). The molecular formula is C13H17BrO4. The van der Waals surface area contributed by atoms with Gasteiger partial charge in [0.15, 0.2) is 6.79 Å². The maximum Gasteiger partial charge on any atom is 0.341 e. The van der Waals surface area contributed by atoms with Crippen molar-refractivity contribution in [3.63, 3.8) is 0 Å². The number of ether oxygens (including phenoxy) is 3. The van der Waals surface area contributed by atoms with Gasteiger partial charge in [-0.25, -0.2) is 4.79 Å². The molecule has 100 valence electrons. The average Bonchev–Trinajstić information content (AvgIpc) is 2.42. The number of hydrogen-bond donors (Lipinski definition) is 0.